The zero-order valence-electron chi connectivity index (χ0n) is 12.1. The molecular formula is C15H25NO2. The van der Waals surface area contributed by atoms with Crippen LogP contribution in [0.25, 0.3) is 0 Å². The van der Waals surface area contributed by atoms with Gasteiger partial charge in [-0.2, -0.15) is 0 Å². The van der Waals surface area contributed by atoms with Crippen molar-refractivity contribution in [2.75, 3.05) is 0 Å². The number of nitrogens with two attached hydrogens (primary N) is 1. The van der Waals surface area contributed by atoms with Crippen LogP contribution in [0.5, 0.6) is 5.75 Å². The lowest BCUT2D eigenvalue weighted by atomic mass is 9.72. The van der Waals surface area contributed by atoms with Crippen molar-refractivity contribution in [2.45, 2.75) is 53.1 Å². The van der Waals surface area contributed by atoms with Crippen LogP contribution in [-0.4, -0.2) is 5.11 Å². The van der Waals surface area contributed by atoms with E-state index in [1.54, 1.807) is 6.07 Å². The molecular weight excluding hydrogens is 226 g/mol. The molecule has 102 valence electrons. The highest BCUT2D eigenvalue weighted by atomic mass is 16.6. The zero-order valence-corrected chi connectivity index (χ0v) is 12.1. The topological polar surface area (TPSA) is 55.5 Å². The average molecular weight is 251 g/mol. The van der Waals surface area contributed by atoms with Crippen LogP contribution in [0, 0.1) is 5.41 Å². The van der Waals surface area contributed by atoms with Crippen molar-refractivity contribution in [1.82, 2.24) is 0 Å². The van der Waals surface area contributed by atoms with E-state index >= 15 is 0 Å². The van der Waals surface area contributed by atoms with E-state index in [0.29, 0.717) is 0 Å². The average Bonchev–Trinajstić information content (AvgIpc) is 2.17. The molecule has 0 amide bonds. The molecule has 0 bridgehead atoms. The van der Waals surface area contributed by atoms with Crippen molar-refractivity contribution >= 4 is 0 Å². The molecule has 1 aromatic rings. The molecule has 0 atom stereocenters. The lowest BCUT2D eigenvalue weighted by Crippen LogP contribution is -2.25. The van der Waals surface area contributed by atoms with Gasteiger partial charge in [-0.25, -0.2) is 5.90 Å². The van der Waals surface area contributed by atoms with Crippen molar-refractivity contribution < 1.29 is 9.94 Å². The Labute approximate surface area is 110 Å². The Morgan fingerprint density at radius 1 is 1.17 bits per heavy atom. The smallest absolute Gasteiger partial charge is 0.121 e. The highest BCUT2D eigenvalue weighted by molar-refractivity contribution is 5.38. The fourth-order valence-corrected chi connectivity index (χ4v) is 2.64. The summed E-state index contributed by atoms with van der Waals surface area (Å²) in [6.07, 6.45) is 1.06. The number of hydrogen-bond donors (Lipinski definition) is 2. The molecule has 0 spiro atoms. The minimum absolute atomic E-state index is 0.0509. The van der Waals surface area contributed by atoms with Gasteiger partial charge in [-0.15, -0.1) is 0 Å². The van der Waals surface area contributed by atoms with Crippen molar-refractivity contribution in [1.29, 1.82) is 0 Å². The van der Waals surface area contributed by atoms with Crippen molar-refractivity contribution in [2.24, 2.45) is 11.3 Å². The van der Waals surface area contributed by atoms with E-state index in [0.717, 1.165) is 12.0 Å². The molecule has 1 aromatic carbocycles. The standard InChI is InChI=1S/C15H25NO2/c1-14(2,3)10-15(4,5)12-6-7-13(17)11(8-12)9-18-16/h6-8,17H,9-10,16H2,1-5H3. The molecule has 0 aliphatic heterocycles. The van der Waals surface area contributed by atoms with Crippen molar-refractivity contribution in [3.8, 4) is 5.75 Å². The first-order chi connectivity index (χ1) is 8.15. The van der Waals surface area contributed by atoms with Crippen LogP contribution in [0.3, 0.4) is 0 Å². The van der Waals surface area contributed by atoms with Gasteiger partial charge in [-0.05, 0) is 34.9 Å². The van der Waals surface area contributed by atoms with Crippen molar-refractivity contribution in [3.63, 3.8) is 0 Å². The molecule has 0 aromatic heterocycles. The summed E-state index contributed by atoms with van der Waals surface area (Å²) in [5.41, 5.74) is 2.24. The van der Waals surface area contributed by atoms with Crippen LogP contribution >= 0.6 is 0 Å². The normalized spacial score (nSPS) is 12.8. The lowest BCUT2D eigenvalue weighted by molar-refractivity contribution is 0.122. The maximum absolute atomic E-state index is 9.73. The second-order valence-electron chi connectivity index (χ2n) is 6.78. The molecule has 3 N–H and O–H groups in total. The first-order valence-electron chi connectivity index (χ1n) is 6.30. The van der Waals surface area contributed by atoms with Gasteiger partial charge in [-0.1, -0.05) is 40.7 Å². The molecule has 0 aliphatic carbocycles. The summed E-state index contributed by atoms with van der Waals surface area (Å²) in [4.78, 5) is 4.62. The zero-order chi connectivity index (χ0) is 14.0. The highest BCUT2D eigenvalue weighted by Crippen LogP contribution is 2.37. The van der Waals surface area contributed by atoms with E-state index < -0.39 is 0 Å². The molecule has 0 saturated carbocycles. The second-order valence-corrected chi connectivity index (χ2v) is 6.78. The fraction of sp³-hybridized carbons (Fsp3) is 0.600. The number of phenolic OH excluding ortho intramolecular Hbond substituents is 1. The summed E-state index contributed by atoms with van der Waals surface area (Å²) >= 11 is 0. The summed E-state index contributed by atoms with van der Waals surface area (Å²) in [6, 6.07) is 5.67. The fourth-order valence-electron chi connectivity index (χ4n) is 2.64. The first-order valence-corrected chi connectivity index (χ1v) is 6.30. The van der Waals surface area contributed by atoms with Gasteiger partial charge in [0, 0.05) is 5.56 Å². The number of benzene rings is 1. The van der Waals surface area contributed by atoms with Crippen LogP contribution in [0.2, 0.25) is 0 Å². The monoisotopic (exact) mass is 251 g/mol. The Hall–Kier alpha value is -1.06. The molecule has 0 unspecified atom stereocenters. The molecule has 3 nitrogen and oxygen atoms in total. The summed E-state index contributed by atoms with van der Waals surface area (Å²) in [6.45, 7) is 11.4. The molecule has 0 aliphatic rings. The first kappa shape index (κ1) is 15.0. The summed E-state index contributed by atoms with van der Waals surface area (Å²) in [5, 5.41) is 9.73. The Kier molecular flexibility index (Phi) is 4.41. The Balaban J connectivity index is 3.05. The van der Waals surface area contributed by atoms with Gasteiger partial charge in [0.2, 0.25) is 0 Å². The SMILES string of the molecule is CC(C)(C)CC(C)(C)c1ccc(O)c(CON)c1. The summed E-state index contributed by atoms with van der Waals surface area (Å²) in [7, 11) is 0. The van der Waals surface area contributed by atoms with Crippen LogP contribution in [0.1, 0.15) is 52.2 Å². The molecule has 0 fully saturated rings. The molecule has 0 radical (unpaired) electrons. The molecule has 0 heterocycles. The lowest BCUT2D eigenvalue weighted by Gasteiger charge is -2.33. The number of hydrogen-bond acceptors (Lipinski definition) is 3. The minimum atomic E-state index is 0.0509. The van der Waals surface area contributed by atoms with Gasteiger partial charge in [-0.3, -0.25) is 4.84 Å². The number of aromatic hydroxyl groups is 1. The maximum atomic E-state index is 9.73. The van der Waals surface area contributed by atoms with Gasteiger partial charge < -0.3 is 5.11 Å². The number of phenols is 1. The largest absolute Gasteiger partial charge is 0.508 e. The predicted molar refractivity (Wildman–Crippen MR) is 74.2 cm³/mol. The van der Waals surface area contributed by atoms with Crippen LogP contribution in [0.4, 0.5) is 0 Å². The number of rotatable bonds is 4. The maximum Gasteiger partial charge on any atom is 0.121 e. The Morgan fingerprint density at radius 3 is 2.28 bits per heavy atom. The van der Waals surface area contributed by atoms with Crippen LogP contribution in [0.15, 0.2) is 18.2 Å². The summed E-state index contributed by atoms with van der Waals surface area (Å²) < 4.78 is 0. The highest BCUT2D eigenvalue weighted by Gasteiger charge is 2.27. The molecule has 3 heteroatoms. The van der Waals surface area contributed by atoms with E-state index in [9.17, 15) is 5.11 Å². The van der Waals surface area contributed by atoms with E-state index in [4.69, 9.17) is 5.90 Å². The minimum Gasteiger partial charge on any atom is -0.508 e. The van der Waals surface area contributed by atoms with E-state index in [2.05, 4.69) is 39.5 Å². The van der Waals surface area contributed by atoms with Gasteiger partial charge >= 0.3 is 0 Å². The van der Waals surface area contributed by atoms with E-state index in [1.807, 2.05) is 12.1 Å². The van der Waals surface area contributed by atoms with E-state index in [-0.39, 0.29) is 23.2 Å². The van der Waals surface area contributed by atoms with Gasteiger partial charge in [0.05, 0.1) is 6.61 Å². The Morgan fingerprint density at radius 2 is 1.78 bits per heavy atom. The van der Waals surface area contributed by atoms with Crippen LogP contribution < -0.4 is 5.90 Å². The predicted octanol–water partition coefficient (Wildman–Crippen LogP) is 3.50. The van der Waals surface area contributed by atoms with Gasteiger partial charge in [0.1, 0.15) is 5.75 Å². The third-order valence-electron chi connectivity index (χ3n) is 3.07. The molecule has 18 heavy (non-hydrogen) atoms. The third-order valence-corrected chi connectivity index (χ3v) is 3.07. The van der Waals surface area contributed by atoms with Crippen LogP contribution in [-0.2, 0) is 16.9 Å². The quantitative estimate of drug-likeness (QED) is 0.805. The van der Waals surface area contributed by atoms with Gasteiger partial charge in [0.15, 0.2) is 0 Å². The third kappa shape index (κ3) is 4.00. The Bertz CT molecular complexity index is 405. The van der Waals surface area contributed by atoms with E-state index in [1.165, 1.54) is 5.56 Å². The molecule has 0 saturated heterocycles. The van der Waals surface area contributed by atoms with Gasteiger partial charge in [0.25, 0.3) is 0 Å². The second kappa shape index (κ2) is 5.29. The molecule has 1 rings (SSSR count). The summed E-state index contributed by atoms with van der Waals surface area (Å²) in [5.74, 6) is 5.31. The van der Waals surface area contributed by atoms with Crippen molar-refractivity contribution in [3.05, 3.63) is 29.3 Å².